The number of rotatable bonds is 2. The molecule has 4 nitrogen and oxygen atoms in total. The van der Waals surface area contributed by atoms with E-state index >= 15 is 0 Å². The Bertz CT molecular complexity index is 737. The van der Waals surface area contributed by atoms with Crippen LogP contribution in [0.15, 0.2) is 35.5 Å². The summed E-state index contributed by atoms with van der Waals surface area (Å²) in [5.41, 5.74) is 1.90. The van der Waals surface area contributed by atoms with E-state index in [1.54, 1.807) is 19.2 Å². The molecule has 0 radical (unpaired) electrons. The first-order valence-corrected chi connectivity index (χ1v) is 7.92. The van der Waals surface area contributed by atoms with Gasteiger partial charge in [0.25, 0.3) is 0 Å². The number of fused-ring (bicyclic) bond motifs is 1. The Hall–Kier alpha value is -1.33. The Kier molecular flexibility index (Phi) is 2.91. The van der Waals surface area contributed by atoms with E-state index in [0.717, 1.165) is 17.5 Å². The molecule has 1 unspecified atom stereocenters. The summed E-state index contributed by atoms with van der Waals surface area (Å²) in [7, 11) is -1.68. The summed E-state index contributed by atoms with van der Waals surface area (Å²) < 4.78 is 26.8. The van der Waals surface area contributed by atoms with Gasteiger partial charge in [-0.15, -0.1) is 0 Å². The van der Waals surface area contributed by atoms with Crippen LogP contribution >= 0.6 is 11.6 Å². The number of benzene rings is 1. The molecular formula is C13H13ClN2O2S. The normalized spacial score (nSPS) is 18.5. The highest BCUT2D eigenvalue weighted by molar-refractivity contribution is 7.91. The van der Waals surface area contributed by atoms with Crippen molar-refractivity contribution in [3.05, 3.63) is 46.7 Å². The average Bonchev–Trinajstić information content (AvgIpc) is 2.95. The lowest BCUT2D eigenvalue weighted by molar-refractivity contribution is 0.580. The number of halogens is 1. The smallest absolute Gasteiger partial charge is 0.188 e. The fourth-order valence-electron chi connectivity index (χ4n) is 2.57. The molecule has 0 spiro atoms. The van der Waals surface area contributed by atoms with E-state index in [2.05, 4.69) is 5.10 Å². The topological polar surface area (TPSA) is 52.0 Å². The van der Waals surface area contributed by atoms with Crippen molar-refractivity contribution in [2.75, 3.05) is 0 Å². The molecule has 0 bridgehead atoms. The third kappa shape index (κ3) is 2.07. The first-order valence-electron chi connectivity index (χ1n) is 5.99. The summed E-state index contributed by atoms with van der Waals surface area (Å²) in [6.45, 7) is 0. The minimum Gasteiger partial charge on any atom is -0.274 e. The molecule has 1 aliphatic rings. The second-order valence-electron chi connectivity index (χ2n) is 4.77. The van der Waals surface area contributed by atoms with Crippen LogP contribution < -0.4 is 0 Å². The highest BCUT2D eigenvalue weighted by Gasteiger charge is 2.35. The summed E-state index contributed by atoms with van der Waals surface area (Å²) in [4.78, 5) is 0.271. The van der Waals surface area contributed by atoms with Gasteiger partial charge >= 0.3 is 0 Å². The Morgan fingerprint density at radius 3 is 2.89 bits per heavy atom. The van der Waals surface area contributed by atoms with E-state index in [9.17, 15) is 8.42 Å². The lowest BCUT2D eigenvalue weighted by Gasteiger charge is -2.11. The fourth-order valence-corrected chi connectivity index (χ4v) is 4.55. The van der Waals surface area contributed by atoms with Crippen molar-refractivity contribution < 1.29 is 8.42 Å². The average molecular weight is 297 g/mol. The van der Waals surface area contributed by atoms with Gasteiger partial charge in [-0.05, 0) is 36.1 Å². The molecule has 2 aromatic rings. The fraction of sp³-hybridized carbons (Fsp3) is 0.308. The third-order valence-corrected chi connectivity index (χ3v) is 5.86. The molecule has 6 heteroatoms. The van der Waals surface area contributed by atoms with Crippen LogP contribution in [-0.4, -0.2) is 18.2 Å². The van der Waals surface area contributed by atoms with Gasteiger partial charge in [0.1, 0.15) is 4.90 Å². The molecule has 100 valence electrons. The molecule has 0 amide bonds. The number of aryl methyl sites for hydroxylation is 2. The van der Waals surface area contributed by atoms with E-state index in [1.165, 1.54) is 17.1 Å². The van der Waals surface area contributed by atoms with Crippen LogP contribution in [0.2, 0.25) is 5.02 Å². The molecule has 1 aliphatic carbocycles. The second-order valence-corrected chi connectivity index (χ2v) is 7.33. The van der Waals surface area contributed by atoms with E-state index in [-0.39, 0.29) is 4.90 Å². The van der Waals surface area contributed by atoms with Gasteiger partial charge in [0.15, 0.2) is 9.84 Å². The van der Waals surface area contributed by atoms with Gasteiger partial charge in [-0.3, -0.25) is 4.68 Å². The maximum atomic E-state index is 12.6. The van der Waals surface area contributed by atoms with E-state index in [1.807, 2.05) is 6.07 Å². The minimum absolute atomic E-state index is 0.271. The lowest BCUT2D eigenvalue weighted by Crippen LogP contribution is -2.10. The number of hydrogen-bond donors (Lipinski definition) is 0. The molecule has 1 aromatic carbocycles. The number of sulfone groups is 1. The quantitative estimate of drug-likeness (QED) is 0.856. The standard InChI is InChI=1S/C13H13ClN2O2S/c1-16-8-11(7-15-16)19(17,18)13-5-3-9-2-4-10(14)6-12(9)13/h2,4,6-8,13H,3,5H2,1H3. The Morgan fingerprint density at radius 1 is 1.42 bits per heavy atom. The van der Waals surface area contributed by atoms with Crippen LogP contribution in [0.4, 0.5) is 0 Å². The first-order chi connectivity index (χ1) is 8.98. The summed E-state index contributed by atoms with van der Waals surface area (Å²) in [5, 5.41) is 4.01. The van der Waals surface area contributed by atoms with Gasteiger partial charge in [0.2, 0.25) is 0 Å². The zero-order valence-electron chi connectivity index (χ0n) is 10.4. The van der Waals surface area contributed by atoms with E-state index in [0.29, 0.717) is 11.4 Å². The maximum absolute atomic E-state index is 12.6. The van der Waals surface area contributed by atoms with Crippen molar-refractivity contribution in [1.29, 1.82) is 0 Å². The minimum atomic E-state index is -3.39. The predicted molar refractivity (Wildman–Crippen MR) is 72.9 cm³/mol. The molecule has 0 aliphatic heterocycles. The van der Waals surface area contributed by atoms with Crippen LogP contribution in [0.3, 0.4) is 0 Å². The van der Waals surface area contributed by atoms with Crippen LogP contribution in [0.5, 0.6) is 0 Å². The predicted octanol–water partition coefficient (Wildman–Crippen LogP) is 2.53. The highest BCUT2D eigenvalue weighted by atomic mass is 35.5. The molecule has 0 saturated carbocycles. The zero-order valence-corrected chi connectivity index (χ0v) is 11.9. The molecular weight excluding hydrogens is 284 g/mol. The summed E-state index contributed by atoms with van der Waals surface area (Å²) in [6, 6.07) is 5.48. The maximum Gasteiger partial charge on any atom is 0.188 e. The molecule has 1 heterocycles. The monoisotopic (exact) mass is 296 g/mol. The van der Waals surface area contributed by atoms with Gasteiger partial charge < -0.3 is 0 Å². The molecule has 1 atom stereocenters. The van der Waals surface area contributed by atoms with Crippen molar-refractivity contribution in [2.24, 2.45) is 7.05 Å². The van der Waals surface area contributed by atoms with Gasteiger partial charge in [0, 0.05) is 18.3 Å². The van der Waals surface area contributed by atoms with E-state index < -0.39 is 15.1 Å². The largest absolute Gasteiger partial charge is 0.274 e. The summed E-state index contributed by atoms with van der Waals surface area (Å²) >= 11 is 5.98. The highest BCUT2D eigenvalue weighted by Crippen LogP contribution is 2.41. The van der Waals surface area contributed by atoms with Crippen molar-refractivity contribution >= 4 is 21.4 Å². The summed E-state index contributed by atoms with van der Waals surface area (Å²) in [5.74, 6) is 0. The Labute approximate surface area is 116 Å². The van der Waals surface area contributed by atoms with Crippen LogP contribution in [0, 0.1) is 0 Å². The number of aromatic nitrogens is 2. The first kappa shape index (κ1) is 12.7. The summed E-state index contributed by atoms with van der Waals surface area (Å²) in [6.07, 6.45) is 4.32. The van der Waals surface area contributed by atoms with Gasteiger partial charge in [-0.2, -0.15) is 5.10 Å². The second kappa shape index (κ2) is 4.35. The van der Waals surface area contributed by atoms with Crippen LogP contribution in [0.1, 0.15) is 22.8 Å². The molecule has 0 N–H and O–H groups in total. The van der Waals surface area contributed by atoms with E-state index in [4.69, 9.17) is 11.6 Å². The van der Waals surface area contributed by atoms with Crippen molar-refractivity contribution in [3.8, 4) is 0 Å². The Morgan fingerprint density at radius 2 is 2.21 bits per heavy atom. The molecule has 0 fully saturated rings. The SMILES string of the molecule is Cn1cc(S(=O)(=O)C2CCc3ccc(Cl)cc32)cn1. The van der Waals surface area contributed by atoms with Crippen molar-refractivity contribution in [3.63, 3.8) is 0 Å². The molecule has 3 rings (SSSR count). The van der Waals surface area contributed by atoms with Crippen LogP contribution in [-0.2, 0) is 23.3 Å². The van der Waals surface area contributed by atoms with Gasteiger partial charge in [-0.25, -0.2) is 8.42 Å². The van der Waals surface area contributed by atoms with Gasteiger partial charge in [0.05, 0.1) is 11.4 Å². The van der Waals surface area contributed by atoms with Gasteiger partial charge in [-0.1, -0.05) is 17.7 Å². The molecule has 0 saturated heterocycles. The molecule has 19 heavy (non-hydrogen) atoms. The number of nitrogens with zero attached hydrogens (tertiary/aromatic N) is 2. The lowest BCUT2D eigenvalue weighted by atomic mass is 10.1. The zero-order chi connectivity index (χ0) is 13.6. The number of hydrogen-bond acceptors (Lipinski definition) is 3. The Balaban J connectivity index is 2.08. The third-order valence-electron chi connectivity index (χ3n) is 3.51. The van der Waals surface area contributed by atoms with Crippen molar-refractivity contribution in [1.82, 2.24) is 9.78 Å². The van der Waals surface area contributed by atoms with Crippen molar-refractivity contribution in [2.45, 2.75) is 23.0 Å². The molecule has 1 aromatic heterocycles. The van der Waals surface area contributed by atoms with Crippen LogP contribution in [0.25, 0.3) is 0 Å².